The van der Waals surface area contributed by atoms with Crippen LogP contribution in [0.1, 0.15) is 33.1 Å². The van der Waals surface area contributed by atoms with E-state index < -0.39 is 0 Å². The van der Waals surface area contributed by atoms with Gasteiger partial charge in [-0.2, -0.15) is 0 Å². The summed E-state index contributed by atoms with van der Waals surface area (Å²) in [5.41, 5.74) is 2.81. The van der Waals surface area contributed by atoms with E-state index in [1.54, 1.807) is 0 Å². The van der Waals surface area contributed by atoms with E-state index in [1.165, 1.54) is 37.2 Å². The Balaban J connectivity index is 0.000000686. The van der Waals surface area contributed by atoms with Crippen molar-refractivity contribution in [2.24, 2.45) is 0 Å². The number of allylic oxidation sites excluding steroid dienone is 2. The summed E-state index contributed by atoms with van der Waals surface area (Å²) in [5.74, 6) is 0. The number of piperidine rings is 1. The van der Waals surface area contributed by atoms with Gasteiger partial charge in [0.25, 0.3) is 0 Å². The van der Waals surface area contributed by atoms with Crippen LogP contribution in [-0.4, -0.2) is 30.6 Å². The Morgan fingerprint density at radius 2 is 1.76 bits per heavy atom. The average Bonchev–Trinajstić information content (AvgIpc) is 2.74. The molecule has 0 bridgehead atoms. The van der Waals surface area contributed by atoms with Crippen molar-refractivity contribution >= 4 is 0 Å². The van der Waals surface area contributed by atoms with Crippen molar-refractivity contribution in [3.8, 4) is 0 Å². The van der Waals surface area contributed by atoms with E-state index >= 15 is 0 Å². The number of likely N-dealkylation sites (tertiary alicyclic amines) is 1. The first-order chi connectivity index (χ1) is 8.19. The van der Waals surface area contributed by atoms with Crippen LogP contribution < -0.4 is 5.32 Å². The van der Waals surface area contributed by atoms with Gasteiger partial charge in [0.05, 0.1) is 0 Å². The van der Waals surface area contributed by atoms with Crippen LogP contribution >= 0.6 is 0 Å². The molecule has 2 rings (SSSR count). The Labute approximate surface area is 106 Å². The van der Waals surface area contributed by atoms with Crippen molar-refractivity contribution in [3.63, 3.8) is 0 Å². The molecule has 0 unspecified atom stereocenters. The van der Waals surface area contributed by atoms with E-state index in [4.69, 9.17) is 0 Å². The van der Waals surface area contributed by atoms with Gasteiger partial charge in [-0.1, -0.05) is 33.1 Å². The van der Waals surface area contributed by atoms with E-state index in [0.29, 0.717) is 5.54 Å². The maximum Gasteiger partial charge on any atom is 0.0439 e. The SMILES string of the molecule is C=CC1=C(C=C)NC2(CCN(C)CC2)C1.CC. The van der Waals surface area contributed by atoms with Gasteiger partial charge in [0.15, 0.2) is 0 Å². The lowest BCUT2D eigenvalue weighted by atomic mass is 9.84. The lowest BCUT2D eigenvalue weighted by Crippen LogP contribution is -2.49. The van der Waals surface area contributed by atoms with Crippen LogP contribution in [0.25, 0.3) is 0 Å². The summed E-state index contributed by atoms with van der Waals surface area (Å²) in [6.45, 7) is 14.1. The molecule has 1 fully saturated rings. The van der Waals surface area contributed by atoms with Gasteiger partial charge in [-0.15, -0.1) is 0 Å². The minimum Gasteiger partial charge on any atom is -0.379 e. The van der Waals surface area contributed by atoms with Gasteiger partial charge in [0.2, 0.25) is 0 Å². The fourth-order valence-electron chi connectivity index (χ4n) is 2.58. The quantitative estimate of drug-likeness (QED) is 0.790. The number of nitrogens with zero attached hydrogens (tertiary/aromatic N) is 1. The molecule has 2 heterocycles. The van der Waals surface area contributed by atoms with E-state index in [-0.39, 0.29) is 0 Å². The molecule has 1 saturated heterocycles. The van der Waals surface area contributed by atoms with Crippen molar-refractivity contribution < 1.29 is 0 Å². The van der Waals surface area contributed by atoms with Crippen molar-refractivity contribution in [3.05, 3.63) is 36.6 Å². The molecule has 2 nitrogen and oxygen atoms in total. The van der Waals surface area contributed by atoms with Gasteiger partial charge < -0.3 is 10.2 Å². The Morgan fingerprint density at radius 3 is 2.18 bits per heavy atom. The third-order valence-electron chi connectivity index (χ3n) is 3.67. The highest BCUT2D eigenvalue weighted by Gasteiger charge is 2.38. The topological polar surface area (TPSA) is 15.3 Å². The summed E-state index contributed by atoms with van der Waals surface area (Å²) in [4.78, 5) is 2.40. The molecule has 1 N–H and O–H groups in total. The third-order valence-corrected chi connectivity index (χ3v) is 3.67. The second-order valence-electron chi connectivity index (χ2n) is 4.73. The first-order valence-electron chi connectivity index (χ1n) is 6.64. The normalized spacial score (nSPS) is 22.8. The molecule has 0 aromatic carbocycles. The smallest absolute Gasteiger partial charge is 0.0439 e. The van der Waals surface area contributed by atoms with Crippen molar-refractivity contribution in [2.45, 2.75) is 38.6 Å². The van der Waals surface area contributed by atoms with Crippen LogP contribution in [0.15, 0.2) is 36.6 Å². The minimum absolute atomic E-state index is 0.291. The standard InChI is InChI=1S/C13H20N2.C2H6/c1-4-11-10-13(14-12(11)5-2)6-8-15(3)9-7-13;1-2/h4-5,14H,1-2,6-10H2,3H3;1-2H3. The van der Waals surface area contributed by atoms with E-state index in [2.05, 4.69) is 30.4 Å². The molecule has 2 heteroatoms. The Bertz CT molecular complexity index is 285. The van der Waals surface area contributed by atoms with Gasteiger partial charge >= 0.3 is 0 Å². The zero-order chi connectivity index (χ0) is 12.9. The fourth-order valence-corrected chi connectivity index (χ4v) is 2.58. The number of nitrogens with one attached hydrogen (secondary N) is 1. The molecule has 96 valence electrons. The molecular weight excluding hydrogens is 208 g/mol. The molecule has 17 heavy (non-hydrogen) atoms. The maximum atomic E-state index is 3.88. The van der Waals surface area contributed by atoms with E-state index in [0.717, 1.165) is 6.42 Å². The summed E-state index contributed by atoms with van der Waals surface area (Å²) in [7, 11) is 2.19. The van der Waals surface area contributed by atoms with Gasteiger partial charge in [-0.05, 0) is 38.0 Å². The summed E-state index contributed by atoms with van der Waals surface area (Å²) >= 11 is 0. The monoisotopic (exact) mass is 234 g/mol. The Kier molecular flexibility index (Phi) is 5.01. The molecule has 0 radical (unpaired) electrons. The van der Waals surface area contributed by atoms with Crippen LogP contribution in [0.3, 0.4) is 0 Å². The Hall–Kier alpha value is -1.02. The van der Waals surface area contributed by atoms with Crippen LogP contribution in [0, 0.1) is 0 Å². The zero-order valence-corrected chi connectivity index (χ0v) is 11.6. The average molecular weight is 234 g/mol. The lowest BCUT2D eigenvalue weighted by Gasteiger charge is -2.38. The molecular formula is C15H26N2. The van der Waals surface area contributed by atoms with E-state index in [1.807, 2.05) is 26.0 Å². The van der Waals surface area contributed by atoms with Crippen molar-refractivity contribution in [1.82, 2.24) is 10.2 Å². The first-order valence-corrected chi connectivity index (χ1v) is 6.64. The second-order valence-corrected chi connectivity index (χ2v) is 4.73. The van der Waals surface area contributed by atoms with Gasteiger partial charge in [-0.3, -0.25) is 0 Å². The zero-order valence-electron chi connectivity index (χ0n) is 11.6. The predicted molar refractivity (Wildman–Crippen MR) is 76.0 cm³/mol. The Morgan fingerprint density at radius 1 is 1.18 bits per heavy atom. The number of hydrogen-bond acceptors (Lipinski definition) is 2. The summed E-state index contributed by atoms with van der Waals surface area (Å²) in [6.07, 6.45) is 7.45. The number of hydrogen-bond donors (Lipinski definition) is 1. The summed E-state index contributed by atoms with van der Waals surface area (Å²) < 4.78 is 0. The largest absolute Gasteiger partial charge is 0.379 e. The van der Waals surface area contributed by atoms with E-state index in [9.17, 15) is 0 Å². The molecule has 0 aromatic rings. The van der Waals surface area contributed by atoms with Crippen molar-refractivity contribution in [1.29, 1.82) is 0 Å². The fraction of sp³-hybridized carbons (Fsp3) is 0.600. The highest BCUT2D eigenvalue weighted by atomic mass is 15.1. The third kappa shape index (κ3) is 3.01. The summed E-state index contributed by atoms with van der Waals surface area (Å²) in [5, 5.41) is 3.64. The highest BCUT2D eigenvalue weighted by Crippen LogP contribution is 2.36. The second kappa shape index (κ2) is 6.06. The van der Waals surface area contributed by atoms with Gasteiger partial charge in [0, 0.05) is 24.3 Å². The molecule has 2 aliphatic rings. The number of rotatable bonds is 2. The highest BCUT2D eigenvalue weighted by molar-refractivity contribution is 5.38. The van der Waals surface area contributed by atoms with Crippen molar-refractivity contribution in [2.75, 3.05) is 20.1 Å². The minimum atomic E-state index is 0.291. The van der Waals surface area contributed by atoms with Crippen LogP contribution in [0.4, 0.5) is 0 Å². The molecule has 2 aliphatic heterocycles. The molecule has 0 atom stereocenters. The molecule has 1 spiro atoms. The molecule has 0 aromatic heterocycles. The van der Waals surface area contributed by atoms with Crippen LogP contribution in [0.2, 0.25) is 0 Å². The predicted octanol–water partition coefficient (Wildman–Crippen LogP) is 3.10. The van der Waals surface area contributed by atoms with Crippen LogP contribution in [0.5, 0.6) is 0 Å². The molecule has 0 aliphatic carbocycles. The summed E-state index contributed by atoms with van der Waals surface area (Å²) in [6, 6.07) is 0. The van der Waals surface area contributed by atoms with Crippen LogP contribution in [-0.2, 0) is 0 Å². The van der Waals surface area contributed by atoms with Gasteiger partial charge in [0.1, 0.15) is 0 Å². The first kappa shape index (κ1) is 14.0. The van der Waals surface area contributed by atoms with Gasteiger partial charge in [-0.25, -0.2) is 0 Å². The molecule has 0 amide bonds. The maximum absolute atomic E-state index is 3.88. The lowest BCUT2D eigenvalue weighted by molar-refractivity contribution is 0.176. The molecule has 0 saturated carbocycles.